The number of hydrogen-bond donors (Lipinski definition) is 1. The van der Waals surface area contributed by atoms with Crippen molar-refractivity contribution in [2.45, 2.75) is 24.8 Å². The third kappa shape index (κ3) is 2.44. The van der Waals surface area contributed by atoms with Crippen molar-refractivity contribution in [3.63, 3.8) is 0 Å². The van der Waals surface area contributed by atoms with Gasteiger partial charge in [-0.1, -0.05) is 6.92 Å². The summed E-state index contributed by atoms with van der Waals surface area (Å²) >= 11 is 4.79. The van der Waals surface area contributed by atoms with Crippen molar-refractivity contribution in [2.75, 3.05) is 19.6 Å². The molecule has 1 aromatic rings. The minimum atomic E-state index is -3.35. The average Bonchev–Trinajstić information content (AvgIpc) is 2.51. The highest BCUT2D eigenvalue weighted by Crippen LogP contribution is 2.32. The Bertz CT molecular complexity index is 508. The SMILES string of the molecule is CCN(C1CNC1)S(=O)(=O)c1cc(Br)sc1C. The van der Waals surface area contributed by atoms with Gasteiger partial charge < -0.3 is 5.32 Å². The Labute approximate surface area is 114 Å². The summed E-state index contributed by atoms with van der Waals surface area (Å²) in [6.45, 7) is 5.73. The number of thiophene rings is 1. The number of sulfonamides is 1. The quantitative estimate of drug-likeness (QED) is 0.910. The number of rotatable bonds is 4. The lowest BCUT2D eigenvalue weighted by atomic mass is 10.2. The number of nitrogens with zero attached hydrogens (tertiary/aromatic N) is 1. The van der Waals surface area contributed by atoms with Crippen LogP contribution in [0.2, 0.25) is 0 Å². The molecular formula is C10H15BrN2O2S2. The lowest BCUT2D eigenvalue weighted by molar-refractivity contribution is 0.249. The van der Waals surface area contributed by atoms with E-state index in [2.05, 4.69) is 21.2 Å². The molecule has 17 heavy (non-hydrogen) atoms. The van der Waals surface area contributed by atoms with Gasteiger partial charge in [-0.25, -0.2) is 8.42 Å². The first kappa shape index (κ1) is 13.5. The molecule has 1 aliphatic rings. The van der Waals surface area contributed by atoms with Gasteiger partial charge in [-0.15, -0.1) is 11.3 Å². The maximum atomic E-state index is 12.5. The number of nitrogens with one attached hydrogen (secondary N) is 1. The van der Waals surface area contributed by atoms with Crippen molar-refractivity contribution in [3.05, 3.63) is 14.7 Å². The Morgan fingerprint density at radius 1 is 1.59 bits per heavy atom. The lowest BCUT2D eigenvalue weighted by Crippen LogP contribution is -2.58. The molecule has 1 N–H and O–H groups in total. The first-order valence-electron chi connectivity index (χ1n) is 5.45. The van der Waals surface area contributed by atoms with Crippen LogP contribution in [-0.2, 0) is 10.0 Å². The van der Waals surface area contributed by atoms with E-state index in [-0.39, 0.29) is 6.04 Å². The Morgan fingerprint density at radius 2 is 2.24 bits per heavy atom. The minimum absolute atomic E-state index is 0.100. The molecule has 1 aliphatic heterocycles. The van der Waals surface area contributed by atoms with Gasteiger partial charge in [0, 0.05) is 30.6 Å². The molecule has 0 spiro atoms. The second-order valence-electron chi connectivity index (χ2n) is 3.99. The summed E-state index contributed by atoms with van der Waals surface area (Å²) < 4.78 is 27.5. The van der Waals surface area contributed by atoms with Crippen LogP contribution in [0.15, 0.2) is 14.7 Å². The molecule has 1 fully saturated rings. The molecule has 0 atom stereocenters. The molecule has 1 saturated heterocycles. The Hall–Kier alpha value is 0.0500. The molecule has 4 nitrogen and oxygen atoms in total. The van der Waals surface area contributed by atoms with Gasteiger partial charge >= 0.3 is 0 Å². The second kappa shape index (κ2) is 4.97. The number of halogens is 1. The predicted molar refractivity (Wildman–Crippen MR) is 73.0 cm³/mol. The highest BCUT2D eigenvalue weighted by molar-refractivity contribution is 9.11. The van der Waals surface area contributed by atoms with Crippen molar-refractivity contribution < 1.29 is 8.42 Å². The molecule has 96 valence electrons. The Balaban J connectivity index is 2.37. The number of aryl methyl sites for hydroxylation is 1. The van der Waals surface area contributed by atoms with Gasteiger partial charge in [0.1, 0.15) is 0 Å². The van der Waals surface area contributed by atoms with E-state index in [0.29, 0.717) is 11.4 Å². The molecule has 7 heteroatoms. The van der Waals surface area contributed by atoms with Gasteiger partial charge in [0.25, 0.3) is 0 Å². The molecule has 0 aliphatic carbocycles. The summed E-state index contributed by atoms with van der Waals surface area (Å²) in [5.74, 6) is 0. The van der Waals surface area contributed by atoms with E-state index >= 15 is 0 Å². The third-order valence-corrected chi connectivity index (χ3v) is 6.74. The molecule has 2 heterocycles. The van der Waals surface area contributed by atoms with Crippen LogP contribution in [0.4, 0.5) is 0 Å². The van der Waals surface area contributed by atoms with E-state index in [9.17, 15) is 8.42 Å². The maximum Gasteiger partial charge on any atom is 0.244 e. The van der Waals surface area contributed by atoms with Crippen molar-refractivity contribution in [1.29, 1.82) is 0 Å². The highest BCUT2D eigenvalue weighted by Gasteiger charge is 2.35. The van der Waals surface area contributed by atoms with Crippen LogP contribution in [0.25, 0.3) is 0 Å². The zero-order valence-corrected chi connectivity index (χ0v) is 13.0. The normalized spacial score (nSPS) is 17.4. The van der Waals surface area contributed by atoms with E-state index in [1.807, 2.05) is 13.8 Å². The zero-order chi connectivity index (χ0) is 12.6. The van der Waals surface area contributed by atoms with E-state index < -0.39 is 10.0 Å². The van der Waals surface area contributed by atoms with Crippen LogP contribution >= 0.6 is 27.3 Å². The molecule has 2 rings (SSSR count). The van der Waals surface area contributed by atoms with Crippen LogP contribution in [0.5, 0.6) is 0 Å². The summed E-state index contributed by atoms with van der Waals surface area (Å²) in [4.78, 5) is 1.27. The van der Waals surface area contributed by atoms with Gasteiger partial charge in [-0.2, -0.15) is 4.31 Å². The third-order valence-electron chi connectivity index (χ3n) is 2.91. The first-order chi connectivity index (χ1) is 7.96. The molecule has 0 aromatic carbocycles. The molecule has 1 aromatic heterocycles. The highest BCUT2D eigenvalue weighted by atomic mass is 79.9. The summed E-state index contributed by atoms with van der Waals surface area (Å²) in [6.07, 6.45) is 0. The van der Waals surface area contributed by atoms with Crippen LogP contribution in [0.1, 0.15) is 11.8 Å². The predicted octanol–water partition coefficient (Wildman–Crippen LogP) is 1.80. The van der Waals surface area contributed by atoms with E-state index in [0.717, 1.165) is 21.8 Å². The number of likely N-dealkylation sites (N-methyl/N-ethyl adjacent to an activating group) is 1. The average molecular weight is 339 g/mol. The van der Waals surface area contributed by atoms with Crippen LogP contribution in [0, 0.1) is 6.92 Å². The van der Waals surface area contributed by atoms with E-state index in [1.165, 1.54) is 11.3 Å². The molecule has 0 unspecified atom stereocenters. The maximum absolute atomic E-state index is 12.5. The molecule has 0 amide bonds. The van der Waals surface area contributed by atoms with E-state index in [1.54, 1.807) is 10.4 Å². The lowest BCUT2D eigenvalue weighted by Gasteiger charge is -2.36. The Kier molecular flexibility index (Phi) is 3.94. The van der Waals surface area contributed by atoms with Crippen molar-refractivity contribution in [2.24, 2.45) is 0 Å². The van der Waals surface area contributed by atoms with Gasteiger partial charge in [-0.3, -0.25) is 0 Å². The monoisotopic (exact) mass is 338 g/mol. The Morgan fingerprint density at radius 3 is 2.59 bits per heavy atom. The number of hydrogen-bond acceptors (Lipinski definition) is 4. The fraction of sp³-hybridized carbons (Fsp3) is 0.600. The van der Waals surface area contributed by atoms with Gasteiger partial charge in [0.05, 0.1) is 8.68 Å². The fourth-order valence-corrected chi connectivity index (χ4v) is 5.93. The van der Waals surface area contributed by atoms with E-state index in [4.69, 9.17) is 0 Å². The summed E-state index contributed by atoms with van der Waals surface area (Å²) in [7, 11) is -3.35. The van der Waals surface area contributed by atoms with Gasteiger partial charge in [0.15, 0.2) is 0 Å². The van der Waals surface area contributed by atoms with Crippen molar-refractivity contribution in [1.82, 2.24) is 9.62 Å². The standard InChI is InChI=1S/C10H15BrN2O2S2/c1-3-13(8-5-12-6-8)17(14,15)9-4-10(11)16-7(9)2/h4,8,12H,3,5-6H2,1-2H3. The molecule has 0 saturated carbocycles. The topological polar surface area (TPSA) is 49.4 Å². The smallest absolute Gasteiger partial charge is 0.244 e. The minimum Gasteiger partial charge on any atom is -0.313 e. The molecule has 0 bridgehead atoms. The summed E-state index contributed by atoms with van der Waals surface area (Å²) in [5, 5.41) is 3.11. The largest absolute Gasteiger partial charge is 0.313 e. The zero-order valence-electron chi connectivity index (χ0n) is 9.73. The van der Waals surface area contributed by atoms with Crippen LogP contribution in [0.3, 0.4) is 0 Å². The second-order valence-corrected chi connectivity index (χ2v) is 8.49. The fourth-order valence-electron chi connectivity index (χ4n) is 1.91. The molecular weight excluding hydrogens is 324 g/mol. The van der Waals surface area contributed by atoms with Crippen molar-refractivity contribution in [3.8, 4) is 0 Å². The first-order valence-corrected chi connectivity index (χ1v) is 8.50. The summed E-state index contributed by atoms with van der Waals surface area (Å²) in [6, 6.07) is 1.80. The van der Waals surface area contributed by atoms with Gasteiger partial charge in [-0.05, 0) is 28.9 Å². The van der Waals surface area contributed by atoms with Crippen LogP contribution in [-0.4, -0.2) is 38.4 Å². The summed E-state index contributed by atoms with van der Waals surface area (Å²) in [5.41, 5.74) is 0. The van der Waals surface area contributed by atoms with Crippen LogP contribution < -0.4 is 5.32 Å². The van der Waals surface area contributed by atoms with Gasteiger partial charge in [0.2, 0.25) is 10.0 Å². The molecule has 0 radical (unpaired) electrons. The van der Waals surface area contributed by atoms with Crippen molar-refractivity contribution >= 4 is 37.3 Å².